The number of thioether (sulfide) groups is 1. The molecule has 1 atom stereocenters. The second-order valence-corrected chi connectivity index (χ2v) is 7.23. The van der Waals surface area contributed by atoms with Crippen molar-refractivity contribution in [3.63, 3.8) is 0 Å². The standard InChI is InChI=1S/C14H18O3S2/c1-14(2,3)10-6-4-9(5-7-10)8-11(18)19-13(17)12(15)16/h4-7,13,17H,8H2,1-3H3,(H,15,16). The summed E-state index contributed by atoms with van der Waals surface area (Å²) < 4.78 is 0.471. The number of benzene rings is 1. The summed E-state index contributed by atoms with van der Waals surface area (Å²) in [6.07, 6.45) is 0.481. The fraction of sp³-hybridized carbons (Fsp3) is 0.429. The molecule has 1 rings (SSSR count). The molecule has 1 unspecified atom stereocenters. The van der Waals surface area contributed by atoms with Crippen LogP contribution in [0.4, 0.5) is 0 Å². The van der Waals surface area contributed by atoms with Crippen molar-refractivity contribution in [3.8, 4) is 0 Å². The summed E-state index contributed by atoms with van der Waals surface area (Å²) in [5.41, 5.74) is 0.873. The van der Waals surface area contributed by atoms with Crippen molar-refractivity contribution in [3.05, 3.63) is 35.4 Å². The van der Waals surface area contributed by atoms with Gasteiger partial charge in [-0.1, -0.05) is 69.0 Å². The Kier molecular flexibility index (Phi) is 5.52. The highest BCUT2D eigenvalue weighted by molar-refractivity contribution is 8.23. The van der Waals surface area contributed by atoms with Crippen LogP contribution in [0.5, 0.6) is 0 Å². The van der Waals surface area contributed by atoms with Crippen LogP contribution < -0.4 is 0 Å². The second-order valence-electron chi connectivity index (χ2n) is 5.30. The first-order valence-electron chi connectivity index (χ1n) is 5.90. The number of aliphatic carboxylic acids is 1. The number of hydrogen-bond donors (Lipinski definition) is 2. The molecule has 0 aliphatic heterocycles. The molecule has 104 valence electrons. The Morgan fingerprint density at radius 3 is 2.26 bits per heavy atom. The number of carboxylic acids is 1. The Morgan fingerprint density at radius 2 is 1.84 bits per heavy atom. The maximum absolute atomic E-state index is 10.5. The zero-order valence-electron chi connectivity index (χ0n) is 11.2. The monoisotopic (exact) mass is 298 g/mol. The van der Waals surface area contributed by atoms with Crippen LogP contribution in [0.25, 0.3) is 0 Å². The number of hydrogen-bond acceptors (Lipinski definition) is 4. The van der Waals surface area contributed by atoms with E-state index in [9.17, 15) is 9.90 Å². The molecule has 19 heavy (non-hydrogen) atoms. The molecule has 0 aliphatic carbocycles. The topological polar surface area (TPSA) is 57.5 Å². The molecule has 0 saturated carbocycles. The van der Waals surface area contributed by atoms with E-state index in [1.807, 2.05) is 12.1 Å². The Morgan fingerprint density at radius 1 is 1.32 bits per heavy atom. The van der Waals surface area contributed by atoms with E-state index < -0.39 is 11.4 Å². The van der Waals surface area contributed by atoms with Crippen LogP contribution >= 0.6 is 24.0 Å². The summed E-state index contributed by atoms with van der Waals surface area (Å²) in [7, 11) is 0. The highest BCUT2D eigenvalue weighted by Crippen LogP contribution is 2.23. The highest BCUT2D eigenvalue weighted by Gasteiger charge is 2.17. The minimum atomic E-state index is -1.48. The summed E-state index contributed by atoms with van der Waals surface area (Å²) in [6, 6.07) is 8.08. The van der Waals surface area contributed by atoms with Gasteiger partial charge in [0.1, 0.15) is 0 Å². The average molecular weight is 298 g/mol. The van der Waals surface area contributed by atoms with E-state index >= 15 is 0 Å². The van der Waals surface area contributed by atoms with E-state index in [2.05, 4.69) is 32.9 Å². The lowest BCUT2D eigenvalue weighted by Crippen LogP contribution is -2.17. The van der Waals surface area contributed by atoms with Crippen molar-refractivity contribution >= 4 is 34.1 Å². The molecule has 0 amide bonds. The van der Waals surface area contributed by atoms with Crippen LogP contribution in [0.1, 0.15) is 31.9 Å². The highest BCUT2D eigenvalue weighted by atomic mass is 32.2. The van der Waals surface area contributed by atoms with Crippen molar-refractivity contribution in [2.45, 2.75) is 38.0 Å². The maximum atomic E-state index is 10.5. The van der Waals surface area contributed by atoms with Crippen molar-refractivity contribution in [2.75, 3.05) is 0 Å². The van der Waals surface area contributed by atoms with Crippen LogP contribution in [-0.2, 0) is 16.6 Å². The molecule has 0 aliphatic rings. The molecule has 5 heteroatoms. The van der Waals surface area contributed by atoms with Gasteiger partial charge in [-0.25, -0.2) is 4.79 Å². The van der Waals surface area contributed by atoms with Gasteiger partial charge in [0.25, 0.3) is 0 Å². The molecule has 0 fully saturated rings. The zero-order valence-corrected chi connectivity index (χ0v) is 12.8. The van der Waals surface area contributed by atoms with Crippen LogP contribution in [0.3, 0.4) is 0 Å². The molecule has 2 N–H and O–H groups in total. The normalized spacial score (nSPS) is 13.1. The van der Waals surface area contributed by atoms with Crippen molar-refractivity contribution in [1.82, 2.24) is 0 Å². The smallest absolute Gasteiger partial charge is 0.343 e. The van der Waals surface area contributed by atoms with Crippen LogP contribution in [-0.4, -0.2) is 25.8 Å². The molecular formula is C14H18O3S2. The number of carboxylic acid groups (broad SMARTS) is 1. The predicted octanol–water partition coefficient (Wildman–Crippen LogP) is 2.99. The molecule has 0 spiro atoms. The summed E-state index contributed by atoms with van der Waals surface area (Å²) in [5, 5.41) is 17.8. The van der Waals surface area contributed by atoms with E-state index in [0.717, 1.165) is 17.3 Å². The number of aliphatic hydroxyl groups is 1. The summed E-state index contributed by atoms with van der Waals surface area (Å²) in [6.45, 7) is 6.43. The molecule has 0 saturated heterocycles. The molecule has 0 radical (unpaired) electrons. The molecule has 1 aromatic rings. The third kappa shape index (κ3) is 5.30. The molecule has 1 aromatic carbocycles. The van der Waals surface area contributed by atoms with Crippen LogP contribution in [0.2, 0.25) is 0 Å². The third-order valence-electron chi connectivity index (χ3n) is 2.62. The van der Waals surface area contributed by atoms with Gasteiger partial charge in [-0.3, -0.25) is 0 Å². The predicted molar refractivity (Wildman–Crippen MR) is 82.7 cm³/mol. The molecule has 0 bridgehead atoms. The first-order valence-corrected chi connectivity index (χ1v) is 7.18. The SMILES string of the molecule is CC(C)(C)c1ccc(CC(=S)SC(O)C(=O)O)cc1. The quantitative estimate of drug-likeness (QED) is 0.661. The van der Waals surface area contributed by atoms with Crippen molar-refractivity contribution in [1.29, 1.82) is 0 Å². The lowest BCUT2D eigenvalue weighted by atomic mass is 9.86. The maximum Gasteiger partial charge on any atom is 0.343 e. The fourth-order valence-electron chi connectivity index (χ4n) is 1.51. The zero-order chi connectivity index (χ0) is 14.6. The third-order valence-corrected chi connectivity index (χ3v) is 3.89. The van der Waals surface area contributed by atoms with E-state index in [1.165, 1.54) is 5.56 Å². The number of aliphatic hydroxyl groups excluding tert-OH is 1. The van der Waals surface area contributed by atoms with Gasteiger partial charge in [-0.05, 0) is 16.5 Å². The van der Waals surface area contributed by atoms with Crippen molar-refractivity contribution in [2.24, 2.45) is 0 Å². The molecular weight excluding hydrogens is 280 g/mol. The summed E-state index contributed by atoms with van der Waals surface area (Å²) in [4.78, 5) is 10.5. The van der Waals surface area contributed by atoms with Gasteiger partial charge in [0.15, 0.2) is 0 Å². The minimum Gasteiger partial charge on any atom is -0.479 e. The lowest BCUT2D eigenvalue weighted by molar-refractivity contribution is -0.141. The minimum absolute atomic E-state index is 0.104. The van der Waals surface area contributed by atoms with Crippen LogP contribution in [0.15, 0.2) is 24.3 Å². The van der Waals surface area contributed by atoms with Gasteiger partial charge in [0.05, 0.1) is 4.20 Å². The van der Waals surface area contributed by atoms with Gasteiger partial charge < -0.3 is 10.2 Å². The second kappa shape index (κ2) is 6.50. The van der Waals surface area contributed by atoms with Crippen molar-refractivity contribution < 1.29 is 15.0 Å². The molecule has 3 nitrogen and oxygen atoms in total. The molecule has 0 aromatic heterocycles. The van der Waals surface area contributed by atoms with E-state index in [1.54, 1.807) is 0 Å². The fourth-order valence-corrected chi connectivity index (χ4v) is 2.55. The lowest BCUT2D eigenvalue weighted by Gasteiger charge is -2.19. The first kappa shape index (κ1) is 16.1. The van der Waals surface area contributed by atoms with E-state index in [-0.39, 0.29) is 5.41 Å². The van der Waals surface area contributed by atoms with Gasteiger partial charge in [0.2, 0.25) is 5.44 Å². The number of rotatable bonds is 4. The first-order chi connectivity index (χ1) is 8.70. The largest absolute Gasteiger partial charge is 0.479 e. The summed E-state index contributed by atoms with van der Waals surface area (Å²) in [5.74, 6) is -1.27. The number of thiocarbonyl (C=S) groups is 1. The van der Waals surface area contributed by atoms with Crippen LogP contribution in [0, 0.1) is 0 Å². The Bertz CT molecular complexity index is 461. The Labute approximate surface area is 123 Å². The average Bonchev–Trinajstić information content (AvgIpc) is 2.28. The summed E-state index contributed by atoms with van der Waals surface area (Å²) >= 11 is 5.88. The van der Waals surface area contributed by atoms with E-state index in [4.69, 9.17) is 17.3 Å². The Hall–Kier alpha value is -0.910. The van der Waals surface area contributed by atoms with Gasteiger partial charge in [0, 0.05) is 6.42 Å². The molecule has 0 heterocycles. The Balaban J connectivity index is 2.63. The van der Waals surface area contributed by atoms with Gasteiger partial charge >= 0.3 is 5.97 Å². The van der Waals surface area contributed by atoms with E-state index in [0.29, 0.717) is 10.6 Å². The van der Waals surface area contributed by atoms with Gasteiger partial charge in [-0.2, -0.15) is 0 Å². The van der Waals surface area contributed by atoms with Gasteiger partial charge in [-0.15, -0.1) is 0 Å². The number of carbonyl (C=O) groups is 1.